The first-order valence-electron chi connectivity index (χ1n) is 9.87. The van der Waals surface area contributed by atoms with Gasteiger partial charge in [-0.25, -0.2) is 8.42 Å². The molecule has 1 amide bonds. The first-order chi connectivity index (χ1) is 14.9. The maximum Gasteiger partial charge on any atom is 0.264 e. The van der Waals surface area contributed by atoms with Crippen LogP contribution in [0.15, 0.2) is 102 Å². The second-order valence-electron chi connectivity index (χ2n) is 7.22. The smallest absolute Gasteiger partial charge is 0.264 e. The summed E-state index contributed by atoms with van der Waals surface area (Å²) in [5.74, 6) is -0.418. The van der Waals surface area contributed by atoms with E-state index in [1.54, 1.807) is 30.3 Å². The van der Waals surface area contributed by atoms with E-state index >= 15 is 0 Å². The number of nitrogens with zero attached hydrogens (tertiary/aromatic N) is 1. The van der Waals surface area contributed by atoms with Crippen molar-refractivity contribution in [1.29, 1.82) is 0 Å². The topological polar surface area (TPSA) is 66.5 Å². The molecular formula is C25H22N2O3S. The molecule has 0 aromatic heterocycles. The highest BCUT2D eigenvalue weighted by atomic mass is 32.2. The van der Waals surface area contributed by atoms with Gasteiger partial charge in [-0.15, -0.1) is 0 Å². The molecule has 4 rings (SSSR count). The van der Waals surface area contributed by atoms with Gasteiger partial charge in [0, 0.05) is 5.69 Å². The Morgan fingerprint density at radius 1 is 0.806 bits per heavy atom. The molecule has 0 saturated heterocycles. The molecule has 0 aliphatic heterocycles. The molecule has 0 bridgehead atoms. The third kappa shape index (κ3) is 4.44. The quantitative estimate of drug-likeness (QED) is 0.469. The van der Waals surface area contributed by atoms with Crippen molar-refractivity contribution in [2.45, 2.75) is 11.8 Å². The Kier molecular flexibility index (Phi) is 5.73. The van der Waals surface area contributed by atoms with Gasteiger partial charge in [0.2, 0.25) is 5.91 Å². The average Bonchev–Trinajstić information content (AvgIpc) is 2.78. The summed E-state index contributed by atoms with van der Waals surface area (Å²) in [7, 11) is -3.93. The fourth-order valence-electron chi connectivity index (χ4n) is 3.46. The third-order valence-corrected chi connectivity index (χ3v) is 6.81. The first-order valence-corrected chi connectivity index (χ1v) is 11.3. The molecule has 0 radical (unpaired) electrons. The number of rotatable bonds is 6. The van der Waals surface area contributed by atoms with E-state index in [0.29, 0.717) is 11.4 Å². The van der Waals surface area contributed by atoms with Crippen LogP contribution in [0.2, 0.25) is 0 Å². The monoisotopic (exact) mass is 430 g/mol. The molecule has 0 fully saturated rings. The molecule has 4 aromatic carbocycles. The number of nitrogens with one attached hydrogen (secondary N) is 1. The van der Waals surface area contributed by atoms with Crippen molar-refractivity contribution in [1.82, 2.24) is 0 Å². The van der Waals surface area contributed by atoms with Gasteiger partial charge in [0.05, 0.1) is 10.6 Å². The molecule has 4 aromatic rings. The maximum atomic E-state index is 13.4. The Balaban J connectivity index is 1.65. The number of hydrogen-bond donors (Lipinski definition) is 1. The number of anilines is 2. The van der Waals surface area contributed by atoms with Gasteiger partial charge in [0.25, 0.3) is 10.0 Å². The number of carbonyl (C=O) groups is 1. The van der Waals surface area contributed by atoms with Crippen molar-refractivity contribution in [2.75, 3.05) is 16.2 Å². The number of aryl methyl sites for hydroxylation is 1. The van der Waals surface area contributed by atoms with Gasteiger partial charge in [0.1, 0.15) is 6.54 Å². The molecule has 156 valence electrons. The molecule has 5 nitrogen and oxygen atoms in total. The number of para-hydroxylation sites is 1. The van der Waals surface area contributed by atoms with Gasteiger partial charge in [-0.05, 0) is 53.6 Å². The minimum Gasteiger partial charge on any atom is -0.324 e. The molecule has 0 saturated carbocycles. The SMILES string of the molecule is Cc1ccccc1N(CC(=O)Nc1ccc2ccccc2c1)S(=O)(=O)c1ccccc1. The van der Waals surface area contributed by atoms with Crippen molar-refractivity contribution in [3.05, 3.63) is 103 Å². The van der Waals surface area contributed by atoms with Gasteiger partial charge in [-0.2, -0.15) is 0 Å². The minimum atomic E-state index is -3.93. The van der Waals surface area contributed by atoms with E-state index in [1.165, 1.54) is 12.1 Å². The summed E-state index contributed by atoms with van der Waals surface area (Å²) in [5, 5.41) is 4.89. The molecule has 0 spiro atoms. The Hall–Kier alpha value is -3.64. The Labute approximate surface area is 182 Å². The normalized spacial score (nSPS) is 11.3. The summed E-state index contributed by atoms with van der Waals surface area (Å²) in [5.41, 5.74) is 1.85. The van der Waals surface area contributed by atoms with Crippen molar-refractivity contribution in [3.8, 4) is 0 Å². The van der Waals surface area contributed by atoms with Crippen molar-refractivity contribution >= 4 is 38.1 Å². The van der Waals surface area contributed by atoms with E-state index in [2.05, 4.69) is 5.32 Å². The van der Waals surface area contributed by atoms with Crippen LogP contribution in [-0.4, -0.2) is 20.9 Å². The van der Waals surface area contributed by atoms with Gasteiger partial charge in [-0.3, -0.25) is 9.10 Å². The summed E-state index contributed by atoms with van der Waals surface area (Å²) >= 11 is 0. The fourth-order valence-corrected chi connectivity index (χ4v) is 4.97. The molecule has 1 N–H and O–H groups in total. The molecule has 0 atom stereocenters. The summed E-state index contributed by atoms with van der Waals surface area (Å²) < 4.78 is 27.9. The maximum absolute atomic E-state index is 13.4. The summed E-state index contributed by atoms with van der Waals surface area (Å²) in [6.07, 6.45) is 0. The second kappa shape index (κ2) is 8.62. The average molecular weight is 431 g/mol. The highest BCUT2D eigenvalue weighted by Crippen LogP contribution is 2.27. The van der Waals surface area contributed by atoms with Crippen LogP contribution in [0.3, 0.4) is 0 Å². The lowest BCUT2D eigenvalue weighted by Gasteiger charge is -2.25. The zero-order chi connectivity index (χ0) is 21.8. The van der Waals surface area contributed by atoms with Gasteiger partial charge in [-0.1, -0.05) is 66.7 Å². The second-order valence-corrected chi connectivity index (χ2v) is 9.08. The molecule has 6 heteroatoms. The van der Waals surface area contributed by atoms with E-state index in [0.717, 1.165) is 20.6 Å². The number of amides is 1. The molecule has 0 aliphatic rings. The Morgan fingerprint density at radius 2 is 1.45 bits per heavy atom. The standard InChI is InChI=1S/C25H22N2O3S/c1-19-9-5-8-14-24(19)27(31(29,30)23-12-3-2-4-13-23)18-25(28)26-22-16-15-20-10-6-7-11-21(20)17-22/h2-17H,18H2,1H3,(H,26,28). The van der Waals surface area contributed by atoms with Gasteiger partial charge < -0.3 is 5.32 Å². The van der Waals surface area contributed by atoms with E-state index in [-0.39, 0.29) is 11.4 Å². The van der Waals surface area contributed by atoms with Gasteiger partial charge in [0.15, 0.2) is 0 Å². The summed E-state index contributed by atoms with van der Waals surface area (Å²) in [6, 6.07) is 28.7. The highest BCUT2D eigenvalue weighted by Gasteiger charge is 2.28. The fraction of sp³-hybridized carbons (Fsp3) is 0.0800. The number of carbonyl (C=O) groups excluding carboxylic acids is 1. The molecular weight excluding hydrogens is 408 g/mol. The van der Waals surface area contributed by atoms with E-state index in [9.17, 15) is 13.2 Å². The Morgan fingerprint density at radius 3 is 2.19 bits per heavy atom. The van der Waals surface area contributed by atoms with Crippen LogP contribution in [0, 0.1) is 6.92 Å². The molecule has 0 unspecified atom stereocenters. The number of sulfonamides is 1. The van der Waals surface area contributed by atoms with Crippen molar-refractivity contribution in [2.24, 2.45) is 0 Å². The highest BCUT2D eigenvalue weighted by molar-refractivity contribution is 7.92. The number of hydrogen-bond acceptors (Lipinski definition) is 3. The van der Waals surface area contributed by atoms with Crippen LogP contribution in [-0.2, 0) is 14.8 Å². The van der Waals surface area contributed by atoms with Crippen LogP contribution in [0.1, 0.15) is 5.56 Å². The summed E-state index contributed by atoms with van der Waals surface area (Å²) in [4.78, 5) is 13.0. The molecule has 31 heavy (non-hydrogen) atoms. The van der Waals surface area contributed by atoms with E-state index in [1.807, 2.05) is 61.5 Å². The largest absolute Gasteiger partial charge is 0.324 e. The van der Waals surface area contributed by atoms with Crippen LogP contribution in [0.5, 0.6) is 0 Å². The third-order valence-electron chi connectivity index (χ3n) is 5.04. The Bertz CT molecular complexity index is 1340. The van der Waals surface area contributed by atoms with Crippen LogP contribution < -0.4 is 9.62 Å². The predicted octanol–water partition coefficient (Wildman–Crippen LogP) is 4.98. The number of benzene rings is 4. The lowest BCUT2D eigenvalue weighted by Crippen LogP contribution is -2.38. The summed E-state index contributed by atoms with van der Waals surface area (Å²) in [6.45, 7) is 1.49. The van der Waals surface area contributed by atoms with Crippen molar-refractivity contribution in [3.63, 3.8) is 0 Å². The first kappa shape index (κ1) is 20.6. The molecule has 0 heterocycles. The van der Waals surface area contributed by atoms with E-state index < -0.39 is 15.9 Å². The van der Waals surface area contributed by atoms with Crippen molar-refractivity contribution < 1.29 is 13.2 Å². The molecule has 0 aliphatic carbocycles. The lowest BCUT2D eigenvalue weighted by atomic mass is 10.1. The van der Waals surface area contributed by atoms with Crippen LogP contribution in [0.25, 0.3) is 10.8 Å². The predicted molar refractivity (Wildman–Crippen MR) is 125 cm³/mol. The lowest BCUT2D eigenvalue weighted by molar-refractivity contribution is -0.114. The minimum absolute atomic E-state index is 0.136. The van der Waals surface area contributed by atoms with E-state index in [4.69, 9.17) is 0 Å². The van der Waals surface area contributed by atoms with Crippen LogP contribution >= 0.6 is 0 Å². The zero-order valence-electron chi connectivity index (χ0n) is 17.0. The van der Waals surface area contributed by atoms with Crippen LogP contribution in [0.4, 0.5) is 11.4 Å². The number of fused-ring (bicyclic) bond motifs is 1. The zero-order valence-corrected chi connectivity index (χ0v) is 17.8. The van der Waals surface area contributed by atoms with Gasteiger partial charge >= 0.3 is 0 Å².